The molecule has 1 atom stereocenters. The van der Waals surface area contributed by atoms with Crippen LogP contribution in [0.25, 0.3) is 11.3 Å². The van der Waals surface area contributed by atoms with Crippen LogP contribution >= 0.6 is 11.3 Å². The van der Waals surface area contributed by atoms with Crippen molar-refractivity contribution >= 4 is 23.2 Å². The van der Waals surface area contributed by atoms with Crippen LogP contribution in [0.5, 0.6) is 0 Å². The molecule has 7 heteroatoms. The smallest absolute Gasteiger partial charge is 0.307 e. The third-order valence-corrected chi connectivity index (χ3v) is 9.24. The Morgan fingerprint density at radius 3 is 2.34 bits per heavy atom. The lowest BCUT2D eigenvalue weighted by Gasteiger charge is -2.42. The summed E-state index contributed by atoms with van der Waals surface area (Å²) in [5, 5.41) is 13.1. The van der Waals surface area contributed by atoms with Gasteiger partial charge in [0, 0.05) is 30.0 Å². The van der Waals surface area contributed by atoms with Crippen LogP contribution in [0.2, 0.25) is 0 Å². The van der Waals surface area contributed by atoms with Gasteiger partial charge < -0.3 is 14.7 Å². The lowest BCUT2D eigenvalue weighted by molar-refractivity contribution is -0.159. The van der Waals surface area contributed by atoms with Gasteiger partial charge in [-0.1, -0.05) is 39.8 Å². The van der Waals surface area contributed by atoms with Crippen molar-refractivity contribution in [3.63, 3.8) is 0 Å². The second-order valence-corrected chi connectivity index (χ2v) is 14.3. The van der Waals surface area contributed by atoms with Gasteiger partial charge in [-0.2, -0.15) is 0 Å². The molecule has 6 nitrogen and oxygen atoms in total. The van der Waals surface area contributed by atoms with E-state index in [1.165, 1.54) is 29.5 Å². The molecule has 1 aliphatic heterocycles. The largest absolute Gasteiger partial charge is 0.460 e. The van der Waals surface area contributed by atoms with Gasteiger partial charge in [0.05, 0.1) is 29.6 Å². The van der Waals surface area contributed by atoms with E-state index in [2.05, 4.69) is 51.3 Å². The Hall–Kier alpha value is -2.25. The first kappa shape index (κ1) is 28.8. The number of carbonyl (C=O) groups is 2. The Balaban J connectivity index is 1.40. The van der Waals surface area contributed by atoms with Crippen LogP contribution in [0.3, 0.4) is 0 Å². The fourth-order valence-corrected chi connectivity index (χ4v) is 6.78. The number of benzene rings is 1. The second kappa shape index (κ2) is 10.7. The SMILES string of the molecule is CC(C)(C)OC(=O)C[C@H](CO)C(=O)N1CCC(c2nc(-c3ccc4c(c3)C(C)(C)CCC4(C)C)cs2)CC1. The summed E-state index contributed by atoms with van der Waals surface area (Å²) in [5.74, 6) is -1.07. The van der Waals surface area contributed by atoms with E-state index < -0.39 is 17.5 Å². The van der Waals surface area contributed by atoms with Gasteiger partial charge in [0.15, 0.2) is 0 Å². The van der Waals surface area contributed by atoms with Gasteiger partial charge in [-0.3, -0.25) is 9.59 Å². The molecule has 0 radical (unpaired) electrons. The summed E-state index contributed by atoms with van der Waals surface area (Å²) in [6.07, 6.45) is 3.94. The molecule has 4 rings (SSSR count). The third kappa shape index (κ3) is 6.31. The predicted octanol–water partition coefficient (Wildman–Crippen LogP) is 6.21. The number of esters is 1. The van der Waals surface area contributed by atoms with Crippen LogP contribution < -0.4 is 0 Å². The van der Waals surface area contributed by atoms with E-state index in [1.54, 1.807) is 37.0 Å². The van der Waals surface area contributed by atoms with Crippen molar-refractivity contribution in [1.29, 1.82) is 0 Å². The van der Waals surface area contributed by atoms with Crippen LogP contribution in [0.15, 0.2) is 23.6 Å². The number of likely N-dealkylation sites (tertiary alicyclic amines) is 1. The number of hydrogen-bond acceptors (Lipinski definition) is 6. The van der Waals surface area contributed by atoms with Crippen LogP contribution in [0, 0.1) is 5.92 Å². The maximum Gasteiger partial charge on any atom is 0.307 e. The van der Waals surface area contributed by atoms with Crippen LogP contribution in [-0.4, -0.2) is 52.2 Å². The van der Waals surface area contributed by atoms with Gasteiger partial charge in [0.1, 0.15) is 5.60 Å². The number of fused-ring (bicyclic) bond motifs is 1. The minimum atomic E-state index is -0.758. The van der Waals surface area contributed by atoms with Gasteiger partial charge in [0.25, 0.3) is 0 Å². The average molecular weight is 541 g/mol. The Morgan fingerprint density at radius 1 is 1.11 bits per heavy atom. The molecule has 1 aromatic carbocycles. The number of aliphatic hydroxyl groups excluding tert-OH is 1. The fraction of sp³-hybridized carbons (Fsp3) is 0.645. The minimum Gasteiger partial charge on any atom is -0.460 e. The molecule has 1 aromatic heterocycles. The molecule has 0 saturated carbocycles. The second-order valence-electron chi connectivity index (χ2n) is 13.4. The third-order valence-electron chi connectivity index (χ3n) is 8.23. The first-order valence-electron chi connectivity index (χ1n) is 13.9. The standard InChI is InChI=1S/C31H44N2O4S/c1-29(2,3)37-26(35)17-22(18-34)28(36)33-14-10-20(11-15-33)27-32-25(19-38-27)21-8-9-23-24(16-21)31(6,7)13-12-30(23,4)5/h8-9,16,19-20,22,34H,10-15,17-18H2,1-7H3/t22-/m1/s1. The molecule has 1 saturated heterocycles. The quantitative estimate of drug-likeness (QED) is 0.441. The fourth-order valence-electron chi connectivity index (χ4n) is 5.78. The zero-order valence-corrected chi connectivity index (χ0v) is 24.9. The topological polar surface area (TPSA) is 79.7 Å². The number of piperidine rings is 1. The molecule has 2 aromatic rings. The normalized spacial score (nSPS) is 20.1. The molecular formula is C31H44N2O4S. The maximum absolute atomic E-state index is 13.0. The van der Waals surface area contributed by atoms with Crippen molar-refractivity contribution in [3.05, 3.63) is 39.7 Å². The summed E-state index contributed by atoms with van der Waals surface area (Å²) in [6.45, 7) is 15.6. The summed E-state index contributed by atoms with van der Waals surface area (Å²) in [6, 6.07) is 6.89. The summed E-state index contributed by atoms with van der Waals surface area (Å²) >= 11 is 1.71. The first-order valence-corrected chi connectivity index (χ1v) is 14.8. The molecular weight excluding hydrogens is 496 g/mol. The molecule has 208 valence electrons. The number of amides is 1. The minimum absolute atomic E-state index is 0.100. The van der Waals surface area contributed by atoms with Crippen molar-refractivity contribution in [1.82, 2.24) is 9.88 Å². The van der Waals surface area contributed by atoms with E-state index in [4.69, 9.17) is 9.72 Å². The van der Waals surface area contributed by atoms with E-state index >= 15 is 0 Å². The highest BCUT2D eigenvalue weighted by atomic mass is 32.1. The lowest BCUT2D eigenvalue weighted by atomic mass is 9.63. The monoisotopic (exact) mass is 540 g/mol. The highest BCUT2D eigenvalue weighted by Gasteiger charge is 2.37. The molecule has 1 aliphatic carbocycles. The van der Waals surface area contributed by atoms with Crippen LogP contribution in [0.4, 0.5) is 0 Å². The molecule has 2 heterocycles. The van der Waals surface area contributed by atoms with Crippen molar-refractivity contribution in [3.8, 4) is 11.3 Å². The van der Waals surface area contributed by atoms with E-state index in [-0.39, 0.29) is 29.8 Å². The molecule has 1 N–H and O–H groups in total. The molecule has 0 spiro atoms. The lowest BCUT2D eigenvalue weighted by Crippen LogP contribution is -2.43. The first-order chi connectivity index (χ1) is 17.7. The van der Waals surface area contributed by atoms with Crippen molar-refractivity contribution in [2.45, 2.75) is 103 Å². The van der Waals surface area contributed by atoms with Crippen molar-refractivity contribution in [2.24, 2.45) is 5.92 Å². The number of carbonyl (C=O) groups excluding carboxylic acids is 2. The van der Waals surface area contributed by atoms with E-state index in [1.807, 2.05) is 0 Å². The summed E-state index contributed by atoms with van der Waals surface area (Å²) in [4.78, 5) is 32.1. The van der Waals surface area contributed by atoms with Crippen LogP contribution in [0.1, 0.15) is 103 Å². The summed E-state index contributed by atoms with van der Waals surface area (Å²) in [5.41, 5.74) is 4.85. The number of ether oxygens (including phenoxy) is 1. The number of hydrogen-bond donors (Lipinski definition) is 1. The van der Waals surface area contributed by atoms with Gasteiger partial charge in [0.2, 0.25) is 5.91 Å². The van der Waals surface area contributed by atoms with E-state index in [9.17, 15) is 14.7 Å². The Morgan fingerprint density at radius 2 is 1.74 bits per heavy atom. The zero-order chi connectivity index (χ0) is 27.9. The number of thiazole rings is 1. The molecule has 2 aliphatic rings. The summed E-state index contributed by atoms with van der Waals surface area (Å²) in [7, 11) is 0. The molecule has 1 amide bonds. The molecule has 1 fully saturated rings. The molecule has 0 unspecified atom stereocenters. The van der Waals surface area contributed by atoms with Crippen molar-refractivity contribution in [2.75, 3.05) is 19.7 Å². The Bertz CT molecular complexity index is 1170. The van der Waals surface area contributed by atoms with Crippen molar-refractivity contribution < 1.29 is 19.4 Å². The van der Waals surface area contributed by atoms with Gasteiger partial charge in [-0.25, -0.2) is 4.98 Å². The number of aromatic nitrogens is 1. The van der Waals surface area contributed by atoms with Gasteiger partial charge in [-0.15, -0.1) is 11.3 Å². The van der Waals surface area contributed by atoms with E-state index in [0.717, 1.165) is 23.5 Å². The molecule has 0 bridgehead atoms. The number of rotatable bonds is 6. The zero-order valence-electron chi connectivity index (χ0n) is 24.1. The predicted molar refractivity (Wildman–Crippen MR) is 152 cm³/mol. The number of aliphatic hydroxyl groups is 1. The van der Waals surface area contributed by atoms with Crippen LogP contribution in [-0.2, 0) is 25.2 Å². The highest BCUT2D eigenvalue weighted by molar-refractivity contribution is 7.10. The number of nitrogens with zero attached hydrogens (tertiary/aromatic N) is 2. The van der Waals surface area contributed by atoms with Gasteiger partial charge >= 0.3 is 5.97 Å². The maximum atomic E-state index is 13.0. The Labute approximate surface area is 231 Å². The van der Waals surface area contributed by atoms with E-state index in [0.29, 0.717) is 19.0 Å². The Kier molecular flexibility index (Phi) is 8.11. The summed E-state index contributed by atoms with van der Waals surface area (Å²) < 4.78 is 5.35. The average Bonchev–Trinajstić information content (AvgIpc) is 3.34. The molecule has 38 heavy (non-hydrogen) atoms. The van der Waals surface area contributed by atoms with Gasteiger partial charge in [-0.05, 0) is 74.5 Å². The highest BCUT2D eigenvalue weighted by Crippen LogP contribution is 2.47.